The summed E-state index contributed by atoms with van der Waals surface area (Å²) in [4.78, 5) is 3.04. The zero-order valence-electron chi connectivity index (χ0n) is 6.05. The van der Waals surface area contributed by atoms with Crippen molar-refractivity contribution in [2.75, 3.05) is 0 Å². The van der Waals surface area contributed by atoms with Gasteiger partial charge in [-0.3, -0.25) is 0 Å². The molecule has 54 valence electrons. The number of aromatic amines is 1. The molecular formula is C7H10N2O. The van der Waals surface area contributed by atoms with E-state index >= 15 is 0 Å². The van der Waals surface area contributed by atoms with E-state index in [1.807, 2.05) is 19.9 Å². The molecule has 0 saturated heterocycles. The number of hydrogen-bond acceptors (Lipinski definition) is 2. The highest BCUT2D eigenvalue weighted by atomic mass is 16.4. The fourth-order valence-corrected chi connectivity index (χ4v) is 0.824. The molecule has 1 rings (SSSR count). The Labute approximate surface area is 59.4 Å². The summed E-state index contributed by atoms with van der Waals surface area (Å²) in [5.41, 5.74) is 3.11. The van der Waals surface area contributed by atoms with Gasteiger partial charge in [0.25, 0.3) is 0 Å². The van der Waals surface area contributed by atoms with Crippen LogP contribution in [0.15, 0.2) is 11.2 Å². The quantitative estimate of drug-likeness (QED) is 0.344. The van der Waals surface area contributed by atoms with Gasteiger partial charge in [-0.15, -0.1) is 0 Å². The number of aromatic nitrogens is 1. The maximum absolute atomic E-state index is 8.17. The van der Waals surface area contributed by atoms with Crippen molar-refractivity contribution in [1.29, 1.82) is 0 Å². The molecular weight excluding hydrogens is 128 g/mol. The lowest BCUT2D eigenvalue weighted by Crippen LogP contribution is -1.78. The molecule has 10 heavy (non-hydrogen) atoms. The van der Waals surface area contributed by atoms with Gasteiger partial charge in [0.1, 0.15) is 0 Å². The molecule has 1 aromatic rings. The maximum atomic E-state index is 8.17. The third-order valence-corrected chi connectivity index (χ3v) is 1.49. The fraction of sp³-hybridized carbons (Fsp3) is 0.286. The van der Waals surface area contributed by atoms with Gasteiger partial charge in [0, 0.05) is 5.69 Å². The van der Waals surface area contributed by atoms with Crippen molar-refractivity contribution >= 4 is 6.21 Å². The summed E-state index contributed by atoms with van der Waals surface area (Å²) in [7, 11) is 0. The van der Waals surface area contributed by atoms with Crippen LogP contribution >= 0.6 is 0 Å². The lowest BCUT2D eigenvalue weighted by molar-refractivity contribution is 0.321. The highest BCUT2D eigenvalue weighted by Gasteiger charge is 1.95. The van der Waals surface area contributed by atoms with E-state index in [-0.39, 0.29) is 0 Å². The van der Waals surface area contributed by atoms with Crippen molar-refractivity contribution in [2.24, 2.45) is 5.16 Å². The van der Waals surface area contributed by atoms with Gasteiger partial charge in [-0.1, -0.05) is 5.16 Å². The van der Waals surface area contributed by atoms with E-state index in [1.54, 1.807) is 0 Å². The van der Waals surface area contributed by atoms with Crippen LogP contribution in [0.5, 0.6) is 0 Å². The number of rotatable bonds is 1. The Morgan fingerprint density at radius 2 is 2.30 bits per heavy atom. The Bertz CT molecular complexity index is 231. The number of H-pyrrole nitrogens is 1. The summed E-state index contributed by atoms with van der Waals surface area (Å²) in [6, 6.07) is 1.93. The van der Waals surface area contributed by atoms with Crippen LogP contribution in [0, 0.1) is 13.8 Å². The predicted molar refractivity (Wildman–Crippen MR) is 39.6 cm³/mol. The lowest BCUT2D eigenvalue weighted by atomic mass is 10.3. The van der Waals surface area contributed by atoms with Crippen molar-refractivity contribution in [3.8, 4) is 0 Å². The predicted octanol–water partition coefficient (Wildman–Crippen LogP) is 1.44. The number of aryl methyl sites for hydroxylation is 2. The third-order valence-electron chi connectivity index (χ3n) is 1.49. The SMILES string of the molecule is Cc1cc(/C=N/O)[nH]c1C. The second kappa shape index (κ2) is 2.56. The first kappa shape index (κ1) is 6.86. The Balaban J connectivity index is 2.98. The summed E-state index contributed by atoms with van der Waals surface area (Å²) in [5.74, 6) is 0. The summed E-state index contributed by atoms with van der Waals surface area (Å²) >= 11 is 0. The Kier molecular flexibility index (Phi) is 1.76. The standard InChI is InChI=1S/C7H10N2O/c1-5-3-7(4-8-10)9-6(5)2/h3-4,9-10H,1-2H3/b8-4+. The van der Waals surface area contributed by atoms with Crippen LogP contribution in [0.1, 0.15) is 17.0 Å². The van der Waals surface area contributed by atoms with Crippen LogP contribution in [0.2, 0.25) is 0 Å². The number of nitrogens with one attached hydrogen (secondary N) is 1. The Hall–Kier alpha value is -1.25. The van der Waals surface area contributed by atoms with Crippen molar-refractivity contribution in [1.82, 2.24) is 4.98 Å². The molecule has 0 bridgehead atoms. The monoisotopic (exact) mass is 138 g/mol. The van der Waals surface area contributed by atoms with Crippen LogP contribution < -0.4 is 0 Å². The molecule has 0 radical (unpaired) electrons. The molecule has 3 heteroatoms. The normalized spacial score (nSPS) is 11.0. The van der Waals surface area contributed by atoms with Gasteiger partial charge < -0.3 is 10.2 Å². The number of hydrogen-bond donors (Lipinski definition) is 2. The second-order valence-electron chi connectivity index (χ2n) is 2.28. The van der Waals surface area contributed by atoms with Crippen LogP contribution in [0.25, 0.3) is 0 Å². The van der Waals surface area contributed by atoms with Crippen LogP contribution in [-0.4, -0.2) is 16.4 Å². The van der Waals surface area contributed by atoms with E-state index in [1.165, 1.54) is 11.8 Å². The van der Waals surface area contributed by atoms with E-state index in [9.17, 15) is 0 Å². The van der Waals surface area contributed by atoms with Gasteiger partial charge >= 0.3 is 0 Å². The Morgan fingerprint density at radius 3 is 2.70 bits per heavy atom. The summed E-state index contributed by atoms with van der Waals surface area (Å²) in [6.07, 6.45) is 1.38. The molecule has 0 fully saturated rings. The van der Waals surface area contributed by atoms with Crippen molar-refractivity contribution in [3.05, 3.63) is 23.0 Å². The largest absolute Gasteiger partial charge is 0.411 e. The molecule has 0 spiro atoms. The van der Waals surface area contributed by atoms with Crippen molar-refractivity contribution in [2.45, 2.75) is 13.8 Å². The molecule has 0 aliphatic rings. The molecule has 3 nitrogen and oxygen atoms in total. The molecule has 0 aliphatic heterocycles. The molecule has 0 saturated carbocycles. The maximum Gasteiger partial charge on any atom is 0.0896 e. The van der Waals surface area contributed by atoms with E-state index in [0.29, 0.717) is 0 Å². The average molecular weight is 138 g/mol. The van der Waals surface area contributed by atoms with E-state index in [2.05, 4.69) is 10.1 Å². The summed E-state index contributed by atoms with van der Waals surface area (Å²) < 4.78 is 0. The number of nitrogens with zero attached hydrogens (tertiary/aromatic N) is 1. The van der Waals surface area contributed by atoms with Crippen LogP contribution in [0.4, 0.5) is 0 Å². The first-order valence-electron chi connectivity index (χ1n) is 3.07. The van der Waals surface area contributed by atoms with Gasteiger partial charge in [0.05, 0.1) is 11.9 Å². The molecule has 1 heterocycles. The van der Waals surface area contributed by atoms with Crippen molar-refractivity contribution in [3.63, 3.8) is 0 Å². The highest BCUT2D eigenvalue weighted by Crippen LogP contribution is 2.05. The summed E-state index contributed by atoms with van der Waals surface area (Å²) in [6.45, 7) is 3.98. The third kappa shape index (κ3) is 1.18. The van der Waals surface area contributed by atoms with Gasteiger partial charge in [0.15, 0.2) is 0 Å². The minimum atomic E-state index is 0.831. The smallest absolute Gasteiger partial charge is 0.0896 e. The van der Waals surface area contributed by atoms with Crippen molar-refractivity contribution < 1.29 is 5.21 Å². The van der Waals surface area contributed by atoms with E-state index < -0.39 is 0 Å². The van der Waals surface area contributed by atoms with Crippen LogP contribution in [-0.2, 0) is 0 Å². The molecule has 0 atom stereocenters. The first-order valence-corrected chi connectivity index (χ1v) is 3.07. The molecule has 0 aliphatic carbocycles. The highest BCUT2D eigenvalue weighted by molar-refractivity contribution is 5.77. The minimum Gasteiger partial charge on any atom is -0.411 e. The minimum absolute atomic E-state index is 0.831. The zero-order valence-corrected chi connectivity index (χ0v) is 6.05. The molecule has 0 amide bonds. The topological polar surface area (TPSA) is 48.4 Å². The zero-order chi connectivity index (χ0) is 7.56. The molecule has 1 aromatic heterocycles. The lowest BCUT2D eigenvalue weighted by Gasteiger charge is -1.82. The van der Waals surface area contributed by atoms with Gasteiger partial charge in [-0.05, 0) is 25.5 Å². The second-order valence-corrected chi connectivity index (χ2v) is 2.28. The summed E-state index contributed by atoms with van der Waals surface area (Å²) in [5, 5.41) is 11.1. The average Bonchev–Trinajstić information content (AvgIpc) is 2.14. The Morgan fingerprint density at radius 1 is 1.60 bits per heavy atom. The molecule has 0 aromatic carbocycles. The van der Waals surface area contributed by atoms with E-state index in [4.69, 9.17) is 5.21 Å². The fourth-order valence-electron chi connectivity index (χ4n) is 0.824. The molecule has 0 unspecified atom stereocenters. The first-order chi connectivity index (χ1) is 4.74. The molecule has 2 N–H and O–H groups in total. The van der Waals surface area contributed by atoms with Crippen LogP contribution in [0.3, 0.4) is 0 Å². The van der Waals surface area contributed by atoms with Gasteiger partial charge in [-0.2, -0.15) is 0 Å². The van der Waals surface area contributed by atoms with Gasteiger partial charge in [-0.25, -0.2) is 0 Å². The number of oxime groups is 1. The van der Waals surface area contributed by atoms with Gasteiger partial charge in [0.2, 0.25) is 0 Å². The van der Waals surface area contributed by atoms with E-state index in [0.717, 1.165) is 11.4 Å².